The van der Waals surface area contributed by atoms with Gasteiger partial charge < -0.3 is 4.90 Å². The maximum absolute atomic E-state index is 11.8. The van der Waals surface area contributed by atoms with E-state index in [4.69, 9.17) is 0 Å². The summed E-state index contributed by atoms with van der Waals surface area (Å²) < 4.78 is 0. The van der Waals surface area contributed by atoms with E-state index in [0.29, 0.717) is 6.54 Å². The fourth-order valence-corrected chi connectivity index (χ4v) is 1.94. The van der Waals surface area contributed by atoms with Gasteiger partial charge in [-0.05, 0) is 12.8 Å². The summed E-state index contributed by atoms with van der Waals surface area (Å²) in [5, 5.41) is 0. The van der Waals surface area contributed by atoms with Gasteiger partial charge in [-0.25, -0.2) is 5.48 Å². The molecule has 0 saturated carbocycles. The van der Waals surface area contributed by atoms with Crippen LogP contribution in [0, 0.1) is 11.8 Å². The first-order chi connectivity index (χ1) is 7.56. The summed E-state index contributed by atoms with van der Waals surface area (Å²) in [6, 6.07) is 0. The standard InChI is InChI=1S/C11H20N2O3/c1-8(2)11(15)13-6-4-5-9(7-13)10(14)12-16-3/h8-9H,4-7H2,1-3H3,(H,12,14)/t9-/m1/s1. The molecule has 1 aliphatic heterocycles. The Morgan fingerprint density at radius 2 is 2.12 bits per heavy atom. The highest BCUT2D eigenvalue weighted by atomic mass is 16.6. The summed E-state index contributed by atoms with van der Waals surface area (Å²) >= 11 is 0. The number of carbonyl (C=O) groups excluding carboxylic acids is 2. The highest BCUT2D eigenvalue weighted by Gasteiger charge is 2.29. The van der Waals surface area contributed by atoms with Gasteiger partial charge in [0.15, 0.2) is 0 Å². The normalized spacial score (nSPS) is 21.0. The Labute approximate surface area is 96.1 Å². The molecule has 0 aromatic rings. The number of hydroxylamine groups is 1. The van der Waals surface area contributed by atoms with Crippen LogP contribution in [0.5, 0.6) is 0 Å². The first kappa shape index (κ1) is 13.0. The summed E-state index contributed by atoms with van der Waals surface area (Å²) in [6.07, 6.45) is 1.69. The summed E-state index contributed by atoms with van der Waals surface area (Å²) in [6.45, 7) is 5.02. The summed E-state index contributed by atoms with van der Waals surface area (Å²) in [5.74, 6) is -0.167. The molecule has 1 fully saturated rings. The number of hydrogen-bond acceptors (Lipinski definition) is 3. The molecule has 1 atom stereocenters. The van der Waals surface area contributed by atoms with Crippen LogP contribution in [-0.4, -0.2) is 36.9 Å². The fraction of sp³-hybridized carbons (Fsp3) is 0.818. The summed E-state index contributed by atoms with van der Waals surface area (Å²) in [7, 11) is 1.41. The van der Waals surface area contributed by atoms with Gasteiger partial charge >= 0.3 is 0 Å². The van der Waals surface area contributed by atoms with Gasteiger partial charge in [-0.3, -0.25) is 14.4 Å². The molecule has 1 heterocycles. The highest BCUT2D eigenvalue weighted by Crippen LogP contribution is 2.18. The second-order valence-electron chi connectivity index (χ2n) is 4.45. The van der Waals surface area contributed by atoms with Crippen LogP contribution in [0.25, 0.3) is 0 Å². The molecule has 0 bridgehead atoms. The zero-order valence-corrected chi connectivity index (χ0v) is 10.2. The van der Waals surface area contributed by atoms with E-state index in [0.717, 1.165) is 19.4 Å². The molecular formula is C11H20N2O3. The van der Waals surface area contributed by atoms with Crippen molar-refractivity contribution in [3.8, 4) is 0 Å². The lowest BCUT2D eigenvalue weighted by Gasteiger charge is -2.32. The number of nitrogens with one attached hydrogen (secondary N) is 1. The quantitative estimate of drug-likeness (QED) is 0.718. The monoisotopic (exact) mass is 228 g/mol. The largest absolute Gasteiger partial charge is 0.342 e. The maximum atomic E-state index is 11.8. The smallest absolute Gasteiger partial charge is 0.248 e. The zero-order valence-electron chi connectivity index (χ0n) is 10.2. The van der Waals surface area contributed by atoms with Crippen LogP contribution < -0.4 is 5.48 Å². The van der Waals surface area contributed by atoms with Crippen LogP contribution in [0.1, 0.15) is 26.7 Å². The second kappa shape index (κ2) is 5.84. The molecule has 0 unspecified atom stereocenters. The van der Waals surface area contributed by atoms with Crippen molar-refractivity contribution in [1.29, 1.82) is 0 Å². The van der Waals surface area contributed by atoms with Crippen molar-refractivity contribution < 1.29 is 14.4 Å². The average Bonchev–Trinajstić information content (AvgIpc) is 2.28. The topological polar surface area (TPSA) is 58.6 Å². The number of carbonyl (C=O) groups is 2. The lowest BCUT2D eigenvalue weighted by Crippen LogP contribution is -2.46. The van der Waals surface area contributed by atoms with E-state index >= 15 is 0 Å². The first-order valence-electron chi connectivity index (χ1n) is 5.68. The van der Waals surface area contributed by atoms with Crippen molar-refractivity contribution in [3.63, 3.8) is 0 Å². The van der Waals surface area contributed by atoms with Crippen molar-refractivity contribution in [2.75, 3.05) is 20.2 Å². The predicted molar refractivity (Wildman–Crippen MR) is 59.3 cm³/mol. The number of rotatable bonds is 3. The molecule has 92 valence electrons. The molecular weight excluding hydrogens is 208 g/mol. The minimum Gasteiger partial charge on any atom is -0.342 e. The van der Waals surface area contributed by atoms with Gasteiger partial charge in [0.25, 0.3) is 0 Å². The van der Waals surface area contributed by atoms with Crippen LogP contribution in [0.4, 0.5) is 0 Å². The summed E-state index contributed by atoms with van der Waals surface area (Å²) in [5.41, 5.74) is 2.33. The van der Waals surface area contributed by atoms with Crippen LogP contribution in [0.3, 0.4) is 0 Å². The van der Waals surface area contributed by atoms with Crippen molar-refractivity contribution in [2.24, 2.45) is 11.8 Å². The van der Waals surface area contributed by atoms with Gasteiger partial charge in [0.05, 0.1) is 13.0 Å². The lowest BCUT2D eigenvalue weighted by molar-refractivity contribution is -0.142. The van der Waals surface area contributed by atoms with E-state index in [9.17, 15) is 9.59 Å². The Kier molecular flexibility index (Phi) is 4.73. The number of amides is 2. The minimum atomic E-state index is -0.142. The van der Waals surface area contributed by atoms with Gasteiger partial charge in [-0.2, -0.15) is 0 Å². The van der Waals surface area contributed by atoms with Crippen molar-refractivity contribution >= 4 is 11.8 Å². The Morgan fingerprint density at radius 3 is 2.69 bits per heavy atom. The van der Waals surface area contributed by atoms with E-state index in [1.807, 2.05) is 13.8 Å². The molecule has 0 aromatic heterocycles. The molecule has 0 spiro atoms. The summed E-state index contributed by atoms with van der Waals surface area (Å²) in [4.78, 5) is 29.7. The highest BCUT2D eigenvalue weighted by molar-refractivity contribution is 5.81. The molecule has 16 heavy (non-hydrogen) atoms. The molecule has 1 rings (SSSR count). The van der Waals surface area contributed by atoms with Crippen molar-refractivity contribution in [2.45, 2.75) is 26.7 Å². The van der Waals surface area contributed by atoms with Crippen LogP contribution >= 0.6 is 0 Å². The molecule has 1 saturated heterocycles. The lowest BCUT2D eigenvalue weighted by atomic mass is 9.96. The van der Waals surface area contributed by atoms with E-state index < -0.39 is 0 Å². The molecule has 0 aliphatic carbocycles. The second-order valence-corrected chi connectivity index (χ2v) is 4.45. The first-order valence-corrected chi connectivity index (χ1v) is 5.68. The van der Waals surface area contributed by atoms with E-state index in [2.05, 4.69) is 10.3 Å². The molecule has 2 amide bonds. The van der Waals surface area contributed by atoms with Crippen molar-refractivity contribution in [1.82, 2.24) is 10.4 Å². The van der Waals surface area contributed by atoms with Crippen LogP contribution in [0.2, 0.25) is 0 Å². The van der Waals surface area contributed by atoms with E-state index in [1.54, 1.807) is 4.90 Å². The third-order valence-corrected chi connectivity index (χ3v) is 2.80. The fourth-order valence-electron chi connectivity index (χ4n) is 1.94. The van der Waals surface area contributed by atoms with Crippen LogP contribution in [-0.2, 0) is 14.4 Å². The average molecular weight is 228 g/mol. The molecule has 5 heteroatoms. The minimum absolute atomic E-state index is 0.00997. The van der Waals surface area contributed by atoms with Gasteiger partial charge in [-0.1, -0.05) is 13.8 Å². The third kappa shape index (κ3) is 3.20. The Hall–Kier alpha value is -1.10. The molecule has 1 N–H and O–H groups in total. The van der Waals surface area contributed by atoms with Gasteiger partial charge in [-0.15, -0.1) is 0 Å². The number of hydrogen-bond donors (Lipinski definition) is 1. The number of piperidine rings is 1. The predicted octanol–water partition coefficient (Wildman–Crippen LogP) is 0.559. The number of nitrogens with zero attached hydrogens (tertiary/aromatic N) is 1. The molecule has 0 radical (unpaired) electrons. The SMILES string of the molecule is CONC(=O)[C@@H]1CCCN(C(=O)C(C)C)C1. The Balaban J connectivity index is 2.53. The zero-order chi connectivity index (χ0) is 12.1. The van der Waals surface area contributed by atoms with Crippen molar-refractivity contribution in [3.05, 3.63) is 0 Å². The number of likely N-dealkylation sites (tertiary alicyclic amines) is 1. The molecule has 1 aliphatic rings. The van der Waals surface area contributed by atoms with E-state index in [-0.39, 0.29) is 23.7 Å². The Bertz CT molecular complexity index is 266. The Morgan fingerprint density at radius 1 is 1.44 bits per heavy atom. The van der Waals surface area contributed by atoms with Gasteiger partial charge in [0.1, 0.15) is 0 Å². The third-order valence-electron chi connectivity index (χ3n) is 2.80. The van der Waals surface area contributed by atoms with E-state index in [1.165, 1.54) is 7.11 Å². The molecule has 0 aromatic carbocycles. The van der Waals surface area contributed by atoms with Gasteiger partial charge in [0.2, 0.25) is 11.8 Å². The maximum Gasteiger partial charge on any atom is 0.248 e. The van der Waals surface area contributed by atoms with Crippen LogP contribution in [0.15, 0.2) is 0 Å². The molecule has 5 nitrogen and oxygen atoms in total. The van der Waals surface area contributed by atoms with Gasteiger partial charge in [0, 0.05) is 19.0 Å².